The van der Waals surface area contributed by atoms with Gasteiger partial charge in [-0.2, -0.15) is 0 Å². The fraction of sp³-hybridized carbons (Fsp3) is 0.250. The number of thiazole rings is 1. The van der Waals surface area contributed by atoms with Crippen molar-refractivity contribution in [1.29, 1.82) is 0 Å². The van der Waals surface area contributed by atoms with Crippen LogP contribution in [0, 0.1) is 0 Å². The lowest BCUT2D eigenvalue weighted by Crippen LogP contribution is -2.41. The van der Waals surface area contributed by atoms with E-state index in [0.717, 1.165) is 40.1 Å². The molecule has 5 nitrogen and oxygen atoms in total. The minimum absolute atomic E-state index is 0.0140. The summed E-state index contributed by atoms with van der Waals surface area (Å²) < 4.78 is 1.15. The first-order valence-corrected chi connectivity index (χ1v) is 12.6. The number of carbonyl (C=O) groups excluding carboxylic acids is 2. The van der Waals surface area contributed by atoms with Gasteiger partial charge < -0.3 is 10.2 Å². The number of nitrogens with one attached hydrogen (secondary N) is 1. The third-order valence-corrected chi connectivity index (χ3v) is 7.48. The van der Waals surface area contributed by atoms with Crippen molar-refractivity contribution in [3.63, 3.8) is 0 Å². The Bertz CT molecular complexity index is 1240. The van der Waals surface area contributed by atoms with Gasteiger partial charge in [-0.05, 0) is 49.1 Å². The molecule has 2 unspecified atom stereocenters. The molecule has 5 rings (SSSR count). The quantitative estimate of drug-likeness (QED) is 0.382. The fourth-order valence-electron chi connectivity index (χ4n) is 4.58. The standard InChI is InChI=1S/C28H27N3O2S/c32-26(31-18-10-9-16-24(31)28-30-22-15-7-8-17-25(22)34-28)19-23(20-11-3-1-4-12-20)29-27(33)21-13-5-2-6-14-21/h1-8,11-15,17,23-24H,9-10,16,18-19H2,(H,29,33). The average molecular weight is 470 g/mol. The average Bonchev–Trinajstić information content (AvgIpc) is 3.33. The van der Waals surface area contributed by atoms with Gasteiger partial charge in [-0.1, -0.05) is 60.7 Å². The van der Waals surface area contributed by atoms with Crippen LogP contribution in [-0.2, 0) is 4.79 Å². The number of rotatable bonds is 6. The minimum Gasteiger partial charge on any atom is -0.345 e. The molecule has 172 valence electrons. The Morgan fingerprint density at radius 1 is 0.941 bits per heavy atom. The summed E-state index contributed by atoms with van der Waals surface area (Å²) in [6.45, 7) is 0.716. The van der Waals surface area contributed by atoms with Crippen LogP contribution >= 0.6 is 11.3 Å². The summed E-state index contributed by atoms with van der Waals surface area (Å²) in [7, 11) is 0. The van der Waals surface area contributed by atoms with Gasteiger partial charge >= 0.3 is 0 Å². The maximum Gasteiger partial charge on any atom is 0.251 e. The van der Waals surface area contributed by atoms with Gasteiger partial charge in [0.1, 0.15) is 5.01 Å². The van der Waals surface area contributed by atoms with E-state index in [1.54, 1.807) is 23.5 Å². The number of likely N-dealkylation sites (tertiary alicyclic amines) is 1. The third kappa shape index (κ3) is 4.87. The number of aromatic nitrogens is 1. The molecule has 1 fully saturated rings. The summed E-state index contributed by atoms with van der Waals surface area (Å²) in [5, 5.41) is 4.10. The van der Waals surface area contributed by atoms with E-state index in [4.69, 9.17) is 4.98 Å². The van der Waals surface area contributed by atoms with Crippen LogP contribution in [0.2, 0.25) is 0 Å². The molecule has 2 amide bonds. The predicted molar refractivity (Wildman–Crippen MR) is 136 cm³/mol. The first-order valence-electron chi connectivity index (χ1n) is 11.7. The van der Waals surface area contributed by atoms with E-state index in [0.29, 0.717) is 12.1 Å². The monoisotopic (exact) mass is 469 g/mol. The van der Waals surface area contributed by atoms with E-state index in [2.05, 4.69) is 11.4 Å². The number of hydrogen-bond donors (Lipinski definition) is 1. The second-order valence-electron chi connectivity index (χ2n) is 8.63. The van der Waals surface area contributed by atoms with Gasteiger partial charge in [-0.25, -0.2) is 4.98 Å². The molecule has 0 bridgehead atoms. The molecule has 0 aliphatic carbocycles. The van der Waals surface area contributed by atoms with Crippen molar-refractivity contribution >= 4 is 33.4 Å². The van der Waals surface area contributed by atoms with E-state index in [-0.39, 0.29) is 24.3 Å². The third-order valence-electron chi connectivity index (χ3n) is 6.34. The smallest absolute Gasteiger partial charge is 0.251 e. The van der Waals surface area contributed by atoms with Crippen molar-refractivity contribution in [3.05, 3.63) is 101 Å². The van der Waals surface area contributed by atoms with Crippen molar-refractivity contribution < 1.29 is 9.59 Å². The first-order chi connectivity index (χ1) is 16.7. The van der Waals surface area contributed by atoms with Crippen LogP contribution in [0.5, 0.6) is 0 Å². The van der Waals surface area contributed by atoms with Crippen LogP contribution in [0.15, 0.2) is 84.9 Å². The Morgan fingerprint density at radius 2 is 1.65 bits per heavy atom. The summed E-state index contributed by atoms with van der Waals surface area (Å²) in [6, 6.07) is 26.6. The second-order valence-corrected chi connectivity index (χ2v) is 9.69. The second kappa shape index (κ2) is 10.2. The maximum absolute atomic E-state index is 13.7. The van der Waals surface area contributed by atoms with Crippen LogP contribution in [-0.4, -0.2) is 28.2 Å². The summed E-state index contributed by atoms with van der Waals surface area (Å²) in [5.41, 5.74) is 2.49. The lowest BCUT2D eigenvalue weighted by Gasteiger charge is -2.35. The zero-order chi connectivity index (χ0) is 23.3. The maximum atomic E-state index is 13.7. The number of piperidine rings is 1. The first kappa shape index (κ1) is 22.3. The van der Waals surface area contributed by atoms with Gasteiger partial charge in [0.25, 0.3) is 5.91 Å². The van der Waals surface area contributed by atoms with Gasteiger partial charge in [0.15, 0.2) is 0 Å². The highest BCUT2D eigenvalue weighted by atomic mass is 32.1. The molecule has 0 saturated carbocycles. The fourth-order valence-corrected chi connectivity index (χ4v) is 5.70. The van der Waals surface area contributed by atoms with Gasteiger partial charge in [0, 0.05) is 12.1 Å². The Balaban J connectivity index is 1.38. The Morgan fingerprint density at radius 3 is 2.41 bits per heavy atom. The summed E-state index contributed by atoms with van der Waals surface area (Å²) >= 11 is 1.67. The number of para-hydroxylation sites is 1. The summed E-state index contributed by atoms with van der Waals surface area (Å²) in [4.78, 5) is 33.4. The zero-order valence-corrected chi connectivity index (χ0v) is 19.7. The van der Waals surface area contributed by atoms with Crippen LogP contribution in [0.4, 0.5) is 0 Å². The molecule has 4 aromatic rings. The molecule has 6 heteroatoms. The molecule has 34 heavy (non-hydrogen) atoms. The highest BCUT2D eigenvalue weighted by molar-refractivity contribution is 7.18. The minimum atomic E-state index is -0.403. The van der Waals surface area contributed by atoms with Crippen LogP contribution in [0.1, 0.15) is 58.7 Å². The Hall–Kier alpha value is -3.51. The summed E-state index contributed by atoms with van der Waals surface area (Å²) in [6.07, 6.45) is 3.19. The van der Waals surface area contributed by atoms with Crippen molar-refractivity contribution in [3.8, 4) is 0 Å². The van der Waals surface area contributed by atoms with E-state index < -0.39 is 6.04 Å². The molecule has 1 aliphatic heterocycles. The van der Waals surface area contributed by atoms with Gasteiger partial charge in [-0.3, -0.25) is 9.59 Å². The molecule has 2 atom stereocenters. The molecular weight excluding hydrogens is 442 g/mol. The SMILES string of the molecule is O=C(NC(CC(=O)N1CCCCC1c1nc2ccccc2s1)c1ccccc1)c1ccccc1. The van der Waals surface area contributed by atoms with Gasteiger partial charge in [-0.15, -0.1) is 11.3 Å². The number of benzene rings is 3. The summed E-state index contributed by atoms with van der Waals surface area (Å²) in [5.74, 6) is -0.130. The normalized spacial score (nSPS) is 16.8. The zero-order valence-electron chi connectivity index (χ0n) is 18.9. The number of amides is 2. The highest BCUT2D eigenvalue weighted by Crippen LogP contribution is 2.36. The topological polar surface area (TPSA) is 62.3 Å². The highest BCUT2D eigenvalue weighted by Gasteiger charge is 2.32. The van der Waals surface area contributed by atoms with Gasteiger partial charge in [0.2, 0.25) is 5.91 Å². The van der Waals surface area contributed by atoms with Gasteiger partial charge in [0.05, 0.1) is 28.7 Å². The molecular formula is C28H27N3O2S. The van der Waals surface area contributed by atoms with Crippen LogP contribution in [0.3, 0.4) is 0 Å². The molecule has 1 aliphatic rings. The molecule has 0 radical (unpaired) electrons. The van der Waals surface area contributed by atoms with Crippen molar-refractivity contribution in [1.82, 2.24) is 15.2 Å². The van der Waals surface area contributed by atoms with Crippen molar-refractivity contribution in [2.24, 2.45) is 0 Å². The van der Waals surface area contributed by atoms with Crippen LogP contribution < -0.4 is 5.32 Å². The van der Waals surface area contributed by atoms with E-state index in [9.17, 15) is 9.59 Å². The molecule has 1 saturated heterocycles. The van der Waals surface area contributed by atoms with Crippen LogP contribution in [0.25, 0.3) is 10.2 Å². The largest absolute Gasteiger partial charge is 0.345 e. The molecule has 0 spiro atoms. The lowest BCUT2D eigenvalue weighted by molar-refractivity contribution is -0.135. The molecule has 2 heterocycles. The number of nitrogens with zero attached hydrogens (tertiary/aromatic N) is 2. The van der Waals surface area contributed by atoms with Crippen molar-refractivity contribution in [2.45, 2.75) is 37.8 Å². The molecule has 1 aromatic heterocycles. The number of carbonyl (C=O) groups is 2. The molecule has 3 aromatic carbocycles. The number of fused-ring (bicyclic) bond motifs is 1. The van der Waals surface area contributed by atoms with E-state index >= 15 is 0 Å². The van der Waals surface area contributed by atoms with E-state index in [1.807, 2.05) is 71.6 Å². The predicted octanol–water partition coefficient (Wildman–Crippen LogP) is 5.91. The van der Waals surface area contributed by atoms with E-state index in [1.165, 1.54) is 0 Å². The Labute approximate surface area is 203 Å². The molecule has 1 N–H and O–H groups in total. The van der Waals surface area contributed by atoms with Crippen molar-refractivity contribution in [2.75, 3.05) is 6.54 Å². The lowest BCUT2D eigenvalue weighted by atomic mass is 9.98. The Kier molecular flexibility index (Phi) is 6.67. The number of hydrogen-bond acceptors (Lipinski definition) is 4.